The monoisotopic (exact) mass is 613 g/mol. The van der Waals surface area contributed by atoms with E-state index < -0.39 is 5.97 Å². The Hall–Kier alpha value is -3.98. The van der Waals surface area contributed by atoms with Crippen molar-refractivity contribution in [1.29, 1.82) is 5.26 Å². The van der Waals surface area contributed by atoms with Crippen molar-refractivity contribution in [2.75, 3.05) is 0 Å². The number of nitriles is 1. The molecule has 1 aliphatic carbocycles. The zero-order valence-electron chi connectivity index (χ0n) is 25.1. The van der Waals surface area contributed by atoms with Crippen molar-refractivity contribution in [2.45, 2.75) is 67.6 Å². The number of carboxylic acids is 1. The molecule has 1 N–H and O–H groups in total. The smallest absolute Gasteiger partial charge is 0.346 e. The van der Waals surface area contributed by atoms with E-state index in [9.17, 15) is 15.2 Å². The molecule has 0 fully saturated rings. The molecule has 0 radical (unpaired) electrons. The highest BCUT2D eigenvalue weighted by Crippen LogP contribution is 2.57. The van der Waals surface area contributed by atoms with Gasteiger partial charge in [0.1, 0.15) is 11.6 Å². The molecule has 6 rings (SSSR count). The summed E-state index contributed by atoms with van der Waals surface area (Å²) in [6.07, 6.45) is 7.94. The molecule has 2 aliphatic rings. The van der Waals surface area contributed by atoms with Gasteiger partial charge in [-0.15, -0.1) is 0 Å². The van der Waals surface area contributed by atoms with E-state index in [1.54, 1.807) is 0 Å². The molecule has 5 heteroatoms. The van der Waals surface area contributed by atoms with Gasteiger partial charge in [-0.05, 0) is 76.1 Å². The van der Waals surface area contributed by atoms with Crippen LogP contribution in [0.1, 0.15) is 80.2 Å². The molecule has 4 aromatic rings. The van der Waals surface area contributed by atoms with Gasteiger partial charge in [0.15, 0.2) is 0 Å². The Bertz CT molecular complexity index is 1800. The third-order valence-electron chi connectivity index (χ3n) is 8.77. The van der Waals surface area contributed by atoms with Gasteiger partial charge in [0, 0.05) is 20.8 Å². The van der Waals surface area contributed by atoms with Crippen molar-refractivity contribution in [2.24, 2.45) is 0 Å². The Labute approximate surface area is 268 Å². The summed E-state index contributed by atoms with van der Waals surface area (Å²) < 4.78 is 1.30. The largest absolute Gasteiger partial charge is 0.477 e. The van der Waals surface area contributed by atoms with Crippen molar-refractivity contribution in [3.05, 3.63) is 129 Å². The maximum Gasteiger partial charge on any atom is 0.346 e. The number of hydrogen-bond donors (Lipinski definition) is 1. The second-order valence-electron chi connectivity index (χ2n) is 11.5. The van der Waals surface area contributed by atoms with Crippen LogP contribution in [0.5, 0.6) is 0 Å². The lowest BCUT2D eigenvalue weighted by Crippen LogP contribution is -2.25. The van der Waals surface area contributed by atoms with Gasteiger partial charge in [-0.2, -0.15) is 5.26 Å². The van der Waals surface area contributed by atoms with Gasteiger partial charge in [-0.1, -0.05) is 136 Å². The SMILES string of the molecule is CCCCC1(CCCC)c2cc(/C=C(/C#N)C(=O)O)ccc2-c2ccc(C(=C3Sc4ccccc4S3)c3ccccc3)cc21. The number of aliphatic carboxylic acids is 1. The molecule has 0 spiro atoms. The van der Waals surface area contributed by atoms with Crippen LogP contribution in [0, 0.1) is 11.3 Å². The average molecular weight is 614 g/mol. The highest BCUT2D eigenvalue weighted by Gasteiger charge is 2.42. The Morgan fingerprint density at radius 2 is 1.39 bits per heavy atom. The standard InChI is InChI=1S/C39H35NO2S2/c1-3-5-20-39(21-6-4-2)32-23-26(22-29(25-40)37(41)42)16-18-30(32)31-19-17-28(24-33(31)39)36(27-12-8-7-9-13-27)38-43-34-14-10-11-15-35(34)44-38/h7-19,22-24H,3-6,20-21H2,1-2H3,(H,41,42)/b29-22-. The average Bonchev–Trinajstić information content (AvgIpc) is 3.59. The van der Waals surface area contributed by atoms with Crippen LogP contribution in [0.25, 0.3) is 22.8 Å². The fourth-order valence-electron chi connectivity index (χ4n) is 6.64. The topological polar surface area (TPSA) is 61.1 Å². The predicted octanol–water partition coefficient (Wildman–Crippen LogP) is 10.9. The fraction of sp³-hybridized carbons (Fsp3) is 0.231. The molecule has 0 saturated heterocycles. The first-order valence-electron chi connectivity index (χ1n) is 15.4. The van der Waals surface area contributed by atoms with Gasteiger partial charge < -0.3 is 5.11 Å². The molecule has 0 bridgehead atoms. The molecule has 1 heterocycles. The lowest BCUT2D eigenvalue weighted by atomic mass is 9.70. The molecule has 1 aliphatic heterocycles. The minimum atomic E-state index is -1.20. The number of benzene rings is 4. The summed E-state index contributed by atoms with van der Waals surface area (Å²) in [5.41, 5.74) is 9.13. The summed E-state index contributed by atoms with van der Waals surface area (Å²) in [6, 6.07) is 34.5. The van der Waals surface area contributed by atoms with E-state index in [0.29, 0.717) is 0 Å². The molecule has 3 nitrogen and oxygen atoms in total. The van der Waals surface area contributed by atoms with Gasteiger partial charge in [0.05, 0.1) is 4.24 Å². The Kier molecular flexibility index (Phi) is 8.84. The number of carboxylic acid groups (broad SMARTS) is 1. The quantitative estimate of drug-likeness (QED) is 0.142. The predicted molar refractivity (Wildman–Crippen MR) is 184 cm³/mol. The van der Waals surface area contributed by atoms with E-state index in [0.717, 1.165) is 44.1 Å². The minimum Gasteiger partial charge on any atom is -0.477 e. The van der Waals surface area contributed by atoms with E-state index in [4.69, 9.17) is 0 Å². The third-order valence-corrected chi connectivity index (χ3v) is 11.3. The molecule has 0 aromatic heterocycles. The minimum absolute atomic E-state index is 0.183. The Morgan fingerprint density at radius 3 is 1.98 bits per heavy atom. The van der Waals surface area contributed by atoms with Gasteiger partial charge in [0.2, 0.25) is 0 Å². The van der Waals surface area contributed by atoms with E-state index in [1.807, 2.05) is 35.7 Å². The summed E-state index contributed by atoms with van der Waals surface area (Å²) in [5, 5.41) is 19.0. The molecular formula is C39H35NO2S2. The first-order valence-corrected chi connectivity index (χ1v) is 17.0. The van der Waals surface area contributed by atoms with Crippen LogP contribution in [-0.2, 0) is 10.2 Å². The van der Waals surface area contributed by atoms with Crippen LogP contribution >= 0.6 is 23.5 Å². The number of fused-ring (bicyclic) bond motifs is 4. The summed E-state index contributed by atoms with van der Waals surface area (Å²) in [6.45, 7) is 4.49. The highest BCUT2D eigenvalue weighted by atomic mass is 32.2. The van der Waals surface area contributed by atoms with Crippen molar-refractivity contribution in [3.8, 4) is 17.2 Å². The van der Waals surface area contributed by atoms with E-state index in [1.165, 1.54) is 59.1 Å². The summed E-state index contributed by atoms with van der Waals surface area (Å²) in [5.74, 6) is -1.20. The van der Waals surface area contributed by atoms with Gasteiger partial charge in [0.25, 0.3) is 0 Å². The molecule has 220 valence electrons. The highest BCUT2D eigenvalue weighted by molar-refractivity contribution is 8.25. The van der Waals surface area contributed by atoms with E-state index >= 15 is 0 Å². The lowest BCUT2D eigenvalue weighted by Gasteiger charge is -2.33. The van der Waals surface area contributed by atoms with E-state index in [2.05, 4.69) is 98.8 Å². The summed E-state index contributed by atoms with van der Waals surface area (Å²) in [7, 11) is 0. The zero-order chi connectivity index (χ0) is 30.7. The molecule has 44 heavy (non-hydrogen) atoms. The van der Waals surface area contributed by atoms with Crippen LogP contribution < -0.4 is 0 Å². The van der Waals surface area contributed by atoms with Crippen molar-refractivity contribution in [1.82, 2.24) is 0 Å². The maximum absolute atomic E-state index is 11.7. The number of hydrogen-bond acceptors (Lipinski definition) is 4. The first-order chi connectivity index (χ1) is 21.5. The van der Waals surface area contributed by atoms with Crippen molar-refractivity contribution < 1.29 is 9.90 Å². The number of carbonyl (C=O) groups is 1. The van der Waals surface area contributed by atoms with Crippen LogP contribution in [-0.4, -0.2) is 11.1 Å². The van der Waals surface area contributed by atoms with Crippen molar-refractivity contribution in [3.63, 3.8) is 0 Å². The third kappa shape index (κ3) is 5.54. The second-order valence-corrected chi connectivity index (χ2v) is 13.9. The Morgan fingerprint density at radius 1 is 0.795 bits per heavy atom. The van der Waals surface area contributed by atoms with Crippen LogP contribution in [0.2, 0.25) is 0 Å². The molecule has 0 saturated carbocycles. The van der Waals surface area contributed by atoms with Gasteiger partial charge in [-0.3, -0.25) is 0 Å². The summed E-state index contributed by atoms with van der Waals surface area (Å²) in [4.78, 5) is 14.3. The number of thioether (sulfide) groups is 2. The number of rotatable bonds is 10. The molecule has 0 atom stereocenters. The molecular weight excluding hydrogens is 579 g/mol. The first kappa shape index (κ1) is 30.1. The molecule has 0 unspecified atom stereocenters. The van der Waals surface area contributed by atoms with Gasteiger partial charge >= 0.3 is 5.97 Å². The Balaban J connectivity index is 1.55. The molecule has 0 amide bonds. The summed E-state index contributed by atoms with van der Waals surface area (Å²) >= 11 is 3.71. The number of unbranched alkanes of at least 4 members (excludes halogenated alkanes) is 2. The maximum atomic E-state index is 11.7. The van der Waals surface area contributed by atoms with Crippen LogP contribution in [0.15, 0.2) is 111 Å². The molecule has 4 aromatic carbocycles. The van der Waals surface area contributed by atoms with Crippen LogP contribution in [0.4, 0.5) is 0 Å². The van der Waals surface area contributed by atoms with Crippen molar-refractivity contribution >= 4 is 41.1 Å². The van der Waals surface area contributed by atoms with Gasteiger partial charge in [-0.25, -0.2) is 4.79 Å². The number of nitrogens with zero attached hydrogens (tertiary/aromatic N) is 1. The normalized spacial score (nSPS) is 14.5. The zero-order valence-corrected chi connectivity index (χ0v) is 26.7. The fourth-order valence-corrected chi connectivity index (χ4v) is 9.30. The van der Waals surface area contributed by atoms with E-state index in [-0.39, 0.29) is 11.0 Å². The van der Waals surface area contributed by atoms with Crippen LogP contribution in [0.3, 0.4) is 0 Å². The lowest BCUT2D eigenvalue weighted by molar-refractivity contribution is -0.132. The second kappa shape index (κ2) is 12.9.